The zero-order chi connectivity index (χ0) is 12.5. The molecular weight excluding hydrogens is 225 g/mol. The molecule has 0 aromatic carbocycles. The molecule has 5 rings (SSSR count). The molecule has 4 heteroatoms. The maximum Gasteiger partial charge on any atom is 0.475 e. The second-order valence-corrected chi connectivity index (χ2v) is 7.54. The van der Waals surface area contributed by atoms with E-state index in [2.05, 4.69) is 26.1 Å². The Morgan fingerprint density at radius 1 is 1.22 bits per heavy atom. The zero-order valence-electron chi connectivity index (χ0n) is 11.7. The molecule has 2 bridgehead atoms. The van der Waals surface area contributed by atoms with E-state index in [1.165, 1.54) is 25.7 Å². The third-order valence-electron chi connectivity index (χ3n) is 6.40. The van der Waals surface area contributed by atoms with Crippen molar-refractivity contribution in [1.29, 1.82) is 0 Å². The van der Waals surface area contributed by atoms with Crippen molar-refractivity contribution in [3.8, 4) is 0 Å². The molecule has 3 aliphatic carbocycles. The van der Waals surface area contributed by atoms with Crippen molar-refractivity contribution >= 4 is 7.12 Å². The lowest BCUT2D eigenvalue weighted by Gasteiger charge is -2.64. The monoisotopic (exact) mass is 249 g/mol. The second kappa shape index (κ2) is 3.53. The first-order valence-electron chi connectivity index (χ1n) is 7.58. The molecule has 5 fully saturated rings. The molecule has 0 unspecified atom stereocenters. The third-order valence-corrected chi connectivity index (χ3v) is 6.40. The molecule has 0 aromatic rings. The summed E-state index contributed by atoms with van der Waals surface area (Å²) in [4.78, 5) is 0. The Balaban J connectivity index is 1.57. The van der Waals surface area contributed by atoms with E-state index >= 15 is 0 Å². The smallest absolute Gasteiger partial charge is 0.404 e. The Morgan fingerprint density at radius 2 is 2.06 bits per heavy atom. The molecule has 3 nitrogen and oxygen atoms in total. The molecule has 1 N–H and O–H groups in total. The topological polar surface area (TPSA) is 30.5 Å². The van der Waals surface area contributed by atoms with Crippen LogP contribution in [0.5, 0.6) is 0 Å². The Kier molecular flexibility index (Phi) is 2.30. The van der Waals surface area contributed by atoms with E-state index in [1.54, 1.807) is 0 Å². The van der Waals surface area contributed by atoms with E-state index in [-0.39, 0.29) is 12.7 Å². The van der Waals surface area contributed by atoms with Crippen LogP contribution in [-0.2, 0) is 9.31 Å². The molecule has 2 saturated heterocycles. The van der Waals surface area contributed by atoms with Crippen molar-refractivity contribution in [2.75, 3.05) is 6.54 Å². The van der Waals surface area contributed by atoms with E-state index in [0.717, 1.165) is 12.5 Å². The van der Waals surface area contributed by atoms with Crippen molar-refractivity contribution < 1.29 is 9.31 Å². The van der Waals surface area contributed by atoms with Gasteiger partial charge in [-0.3, -0.25) is 0 Å². The molecule has 100 valence electrons. The van der Waals surface area contributed by atoms with Crippen molar-refractivity contribution in [3.05, 3.63) is 0 Å². The van der Waals surface area contributed by atoms with Crippen LogP contribution in [-0.4, -0.2) is 31.3 Å². The maximum atomic E-state index is 6.44. The zero-order valence-corrected chi connectivity index (χ0v) is 11.7. The minimum absolute atomic E-state index is 0.00218. The fourth-order valence-electron chi connectivity index (χ4n) is 5.01. The van der Waals surface area contributed by atoms with Gasteiger partial charge in [0.05, 0.1) is 11.7 Å². The largest absolute Gasteiger partial charge is 0.475 e. The minimum atomic E-state index is -0.0345. The molecule has 3 saturated carbocycles. The third kappa shape index (κ3) is 1.32. The minimum Gasteiger partial charge on any atom is -0.404 e. The molecule has 5 atom stereocenters. The van der Waals surface area contributed by atoms with E-state index in [0.29, 0.717) is 23.4 Å². The molecule has 5 aliphatic rings. The summed E-state index contributed by atoms with van der Waals surface area (Å²) in [6.45, 7) is 8.25. The van der Waals surface area contributed by atoms with Gasteiger partial charge in [-0.1, -0.05) is 13.8 Å². The van der Waals surface area contributed by atoms with Crippen LogP contribution in [0.1, 0.15) is 46.5 Å². The molecular formula is C14H24BNO2. The van der Waals surface area contributed by atoms with Crippen molar-refractivity contribution in [1.82, 2.24) is 5.32 Å². The van der Waals surface area contributed by atoms with Gasteiger partial charge >= 0.3 is 7.12 Å². The predicted molar refractivity (Wildman–Crippen MR) is 71.1 cm³/mol. The summed E-state index contributed by atoms with van der Waals surface area (Å²) in [6, 6.07) is 0. The highest BCUT2D eigenvalue weighted by molar-refractivity contribution is 6.47. The van der Waals surface area contributed by atoms with Crippen molar-refractivity contribution in [3.63, 3.8) is 0 Å². The highest BCUT2D eigenvalue weighted by Gasteiger charge is 2.68. The molecule has 2 heterocycles. The molecule has 0 spiro atoms. The maximum absolute atomic E-state index is 6.44. The highest BCUT2D eigenvalue weighted by atomic mass is 16.7. The molecule has 2 aliphatic heterocycles. The van der Waals surface area contributed by atoms with Gasteiger partial charge in [-0.05, 0) is 56.4 Å². The first kappa shape index (κ1) is 11.7. The quantitative estimate of drug-likeness (QED) is 0.721. The number of rotatable bonds is 1. The van der Waals surface area contributed by atoms with Crippen LogP contribution in [0.25, 0.3) is 0 Å². The standard InChI is InChI=1S/C14H24BNO2/c1-13(2)9-7-10(13)14(3)11(8-9)17-15(18-14)12-5-4-6-16-12/h9-12,16H,4-8H2,1-3H3/t9-,10+,11-,12+,14-/m1/s1. The van der Waals surface area contributed by atoms with Gasteiger partial charge in [0.25, 0.3) is 0 Å². The van der Waals surface area contributed by atoms with Gasteiger partial charge in [0.2, 0.25) is 0 Å². The second-order valence-electron chi connectivity index (χ2n) is 7.54. The first-order chi connectivity index (χ1) is 8.52. The van der Waals surface area contributed by atoms with Crippen LogP contribution >= 0.6 is 0 Å². The predicted octanol–water partition coefficient (Wildman–Crippen LogP) is 2.01. The Labute approximate surface area is 110 Å². The molecule has 0 radical (unpaired) electrons. The Bertz CT molecular complexity index is 369. The number of nitrogens with one attached hydrogen (secondary N) is 1. The van der Waals surface area contributed by atoms with E-state index < -0.39 is 0 Å². The van der Waals surface area contributed by atoms with Gasteiger partial charge in [-0.15, -0.1) is 0 Å². The van der Waals surface area contributed by atoms with E-state index in [9.17, 15) is 0 Å². The lowest BCUT2D eigenvalue weighted by atomic mass is 9.43. The molecule has 18 heavy (non-hydrogen) atoms. The Hall–Kier alpha value is -0.0551. The SMILES string of the molecule is CC1(C)[C@H]2C[C@H]3OB([C@@H]4CCCN4)O[C@]3(C)[C@H]1C2. The van der Waals surface area contributed by atoms with Crippen molar-refractivity contribution in [2.24, 2.45) is 17.3 Å². The molecule has 0 aromatic heterocycles. The van der Waals surface area contributed by atoms with Crippen molar-refractivity contribution in [2.45, 2.75) is 64.1 Å². The summed E-state index contributed by atoms with van der Waals surface area (Å²) in [6.07, 6.45) is 5.33. The fourth-order valence-corrected chi connectivity index (χ4v) is 5.01. The van der Waals surface area contributed by atoms with Gasteiger partial charge in [-0.2, -0.15) is 0 Å². The lowest BCUT2D eigenvalue weighted by Crippen LogP contribution is -2.65. The average molecular weight is 249 g/mol. The normalized spacial score (nSPS) is 53.2. The van der Waals surface area contributed by atoms with Crippen LogP contribution in [0.3, 0.4) is 0 Å². The van der Waals surface area contributed by atoms with Crippen LogP contribution < -0.4 is 5.32 Å². The first-order valence-corrected chi connectivity index (χ1v) is 7.58. The summed E-state index contributed by atoms with van der Waals surface area (Å²) in [7, 11) is -0.00218. The average Bonchev–Trinajstić information content (AvgIpc) is 2.92. The van der Waals surface area contributed by atoms with Crippen LogP contribution in [0.15, 0.2) is 0 Å². The van der Waals surface area contributed by atoms with E-state index in [1.807, 2.05) is 0 Å². The number of hydrogen-bond acceptors (Lipinski definition) is 3. The summed E-state index contributed by atoms with van der Waals surface area (Å²) >= 11 is 0. The summed E-state index contributed by atoms with van der Waals surface area (Å²) in [5, 5.41) is 3.52. The highest BCUT2D eigenvalue weighted by Crippen LogP contribution is 2.65. The van der Waals surface area contributed by atoms with Crippen LogP contribution in [0.4, 0.5) is 0 Å². The summed E-state index contributed by atoms with van der Waals surface area (Å²) < 4.78 is 12.7. The van der Waals surface area contributed by atoms with Gasteiger partial charge in [0, 0.05) is 5.94 Å². The summed E-state index contributed by atoms with van der Waals surface area (Å²) in [5.41, 5.74) is 0.416. The van der Waals surface area contributed by atoms with Gasteiger partial charge in [0.15, 0.2) is 0 Å². The van der Waals surface area contributed by atoms with Crippen LogP contribution in [0.2, 0.25) is 0 Å². The lowest BCUT2D eigenvalue weighted by molar-refractivity contribution is -0.199. The van der Waals surface area contributed by atoms with E-state index in [4.69, 9.17) is 9.31 Å². The van der Waals surface area contributed by atoms with Crippen LogP contribution in [0, 0.1) is 17.3 Å². The van der Waals surface area contributed by atoms with Gasteiger partial charge in [-0.25, -0.2) is 0 Å². The van der Waals surface area contributed by atoms with Gasteiger partial charge in [0.1, 0.15) is 0 Å². The van der Waals surface area contributed by atoms with Gasteiger partial charge < -0.3 is 14.6 Å². The fraction of sp³-hybridized carbons (Fsp3) is 1.00. The number of hydrogen-bond donors (Lipinski definition) is 1. The Morgan fingerprint density at radius 3 is 2.72 bits per heavy atom. The molecule has 0 amide bonds. The summed E-state index contributed by atoms with van der Waals surface area (Å²) in [5.74, 6) is 1.95.